The summed E-state index contributed by atoms with van der Waals surface area (Å²) in [6.45, 7) is 5.46. The van der Waals surface area contributed by atoms with Gasteiger partial charge < -0.3 is 18.5 Å². The molecule has 0 N–H and O–H groups in total. The molecule has 4 aromatic carbocycles. The van der Waals surface area contributed by atoms with Crippen LogP contribution in [-0.4, -0.2) is 13.2 Å². The average Bonchev–Trinajstić information content (AvgIpc) is 2.97. The predicted molar refractivity (Wildman–Crippen MR) is 162 cm³/mol. The van der Waals surface area contributed by atoms with Crippen molar-refractivity contribution < 1.29 is 23.1 Å². The molecule has 0 aliphatic heterocycles. The third-order valence-corrected chi connectivity index (χ3v) is 8.18. The molecule has 4 aromatic rings. The van der Waals surface area contributed by atoms with Crippen LogP contribution in [0.5, 0.6) is 11.5 Å². The van der Waals surface area contributed by atoms with E-state index in [0.717, 1.165) is 28.0 Å². The smallest absolute Gasteiger partial charge is 0.335 e. The van der Waals surface area contributed by atoms with Crippen LogP contribution < -0.4 is 9.47 Å². The van der Waals surface area contributed by atoms with E-state index in [0.29, 0.717) is 26.4 Å². The van der Waals surface area contributed by atoms with Gasteiger partial charge in [0.2, 0.25) is 0 Å². The summed E-state index contributed by atoms with van der Waals surface area (Å²) in [5, 5.41) is 0.857. The second kappa shape index (κ2) is 16.9. The minimum atomic E-state index is -3.09. The van der Waals surface area contributed by atoms with Crippen LogP contribution in [0.2, 0.25) is 0 Å². The Kier molecular flexibility index (Phi) is 13.3. The fraction of sp³-hybridized carbons (Fsp3) is 0.250. The van der Waals surface area contributed by atoms with Crippen molar-refractivity contribution in [3.63, 3.8) is 0 Å². The third kappa shape index (κ3) is 11.4. The zero-order valence-electron chi connectivity index (χ0n) is 22.5. The lowest BCUT2D eigenvalue weighted by Gasteiger charge is -2.17. The van der Waals surface area contributed by atoms with Crippen LogP contribution in [0, 0.1) is 0 Å². The zero-order valence-corrected chi connectivity index (χ0v) is 25.0. The quantitative estimate of drug-likeness (QED) is 0.111. The fourth-order valence-corrected chi connectivity index (χ4v) is 5.72. The summed E-state index contributed by atoms with van der Waals surface area (Å²) >= 11 is 3.43. The van der Waals surface area contributed by atoms with Crippen LogP contribution >= 0.6 is 23.5 Å². The van der Waals surface area contributed by atoms with Gasteiger partial charge in [-0.1, -0.05) is 101 Å². The number of hydrogen-bond acceptors (Lipinski definition) is 5. The number of rotatable bonds is 13. The van der Waals surface area contributed by atoms with E-state index in [1.54, 1.807) is 0 Å². The van der Waals surface area contributed by atoms with Crippen molar-refractivity contribution in [1.29, 1.82) is 0 Å². The molecule has 0 saturated carbocycles. The van der Waals surface area contributed by atoms with Crippen molar-refractivity contribution in [2.45, 2.75) is 38.6 Å². The van der Waals surface area contributed by atoms with E-state index >= 15 is 0 Å². The third-order valence-electron chi connectivity index (χ3n) is 5.48. The Labute approximate surface area is 240 Å². The molecule has 0 atom stereocenters. The monoisotopic (exact) mass is 610 g/mol. The second-order valence-corrected chi connectivity index (χ2v) is 11.2. The molecule has 4 rings (SSSR count). The first-order valence-corrected chi connectivity index (χ1v) is 15.8. The number of benzene rings is 4. The van der Waals surface area contributed by atoms with Crippen LogP contribution in [0.3, 0.4) is 0 Å². The molecule has 0 aromatic heterocycles. The Morgan fingerprint density at radius 3 is 1.49 bits per heavy atom. The highest BCUT2D eigenvalue weighted by Gasteiger charge is 2.24. The molecule has 0 saturated heterocycles. The zero-order chi connectivity index (χ0) is 27.8. The minimum Gasteiger partial charge on any atom is -0.489 e. The summed E-state index contributed by atoms with van der Waals surface area (Å²) in [5.74, 6) is 1.66. The molecular weight excluding hydrogens is 575 g/mol. The second-order valence-electron chi connectivity index (χ2n) is 8.58. The summed E-state index contributed by atoms with van der Waals surface area (Å²) in [4.78, 5) is 0. The van der Waals surface area contributed by atoms with E-state index in [9.17, 15) is 4.57 Å². The highest BCUT2D eigenvalue weighted by atomic mass is 79.9. The first-order valence-electron chi connectivity index (χ1n) is 13.0. The lowest BCUT2D eigenvalue weighted by atomic mass is 10.2. The molecule has 5 nitrogen and oxygen atoms in total. The molecule has 0 unspecified atom stereocenters. The first-order chi connectivity index (χ1) is 19.0. The Bertz CT molecular complexity index is 1270. The fourth-order valence-electron chi connectivity index (χ4n) is 3.68. The van der Waals surface area contributed by atoms with Crippen molar-refractivity contribution in [2.24, 2.45) is 0 Å². The molecular formula is C32H36BrO5P. The van der Waals surface area contributed by atoms with Gasteiger partial charge in [0, 0.05) is 5.33 Å². The Balaban J connectivity index is 0.000000230. The van der Waals surface area contributed by atoms with Crippen LogP contribution in [0.1, 0.15) is 36.1 Å². The van der Waals surface area contributed by atoms with Gasteiger partial charge in [-0.2, -0.15) is 0 Å². The Morgan fingerprint density at radius 1 is 0.590 bits per heavy atom. The summed E-state index contributed by atoms with van der Waals surface area (Å²) < 4.78 is 34.8. The van der Waals surface area contributed by atoms with E-state index in [1.807, 2.05) is 98.8 Å². The van der Waals surface area contributed by atoms with Crippen LogP contribution in [0.15, 0.2) is 109 Å². The molecule has 0 radical (unpaired) electrons. The molecule has 0 fully saturated rings. The van der Waals surface area contributed by atoms with E-state index in [-0.39, 0.29) is 6.16 Å². The van der Waals surface area contributed by atoms with Crippen molar-refractivity contribution in [2.75, 3.05) is 13.2 Å². The van der Waals surface area contributed by atoms with Crippen LogP contribution in [-0.2, 0) is 38.3 Å². The number of halogens is 1. The maximum atomic E-state index is 12.6. The molecule has 0 heterocycles. The summed E-state index contributed by atoms with van der Waals surface area (Å²) in [5.41, 5.74) is 4.39. The number of ether oxygens (including phenoxy) is 2. The van der Waals surface area contributed by atoms with Gasteiger partial charge in [-0.15, -0.1) is 0 Å². The standard InChI is InChI=1S/C18H23O4P.C14H13BrO/c1-3-21-23(19,22-4-2)15-17-11-8-12-18(13-17)20-14-16-9-6-5-7-10-16;15-10-13-7-4-8-14(9-13)16-11-12-5-2-1-3-6-12/h5-13H,3-4,14-15H2,1-2H3;1-9H,10-11H2. The predicted octanol–water partition coefficient (Wildman–Crippen LogP) is 9.19. The maximum Gasteiger partial charge on any atom is 0.335 e. The van der Waals surface area contributed by atoms with E-state index in [1.165, 1.54) is 11.1 Å². The van der Waals surface area contributed by atoms with Gasteiger partial charge >= 0.3 is 7.60 Å². The van der Waals surface area contributed by atoms with Gasteiger partial charge in [-0.3, -0.25) is 4.57 Å². The lowest BCUT2D eigenvalue weighted by molar-refractivity contribution is 0.219. The largest absolute Gasteiger partial charge is 0.489 e. The van der Waals surface area contributed by atoms with E-state index in [2.05, 4.69) is 40.2 Å². The van der Waals surface area contributed by atoms with Gasteiger partial charge in [0.05, 0.1) is 19.4 Å². The van der Waals surface area contributed by atoms with E-state index in [4.69, 9.17) is 18.5 Å². The lowest BCUT2D eigenvalue weighted by Crippen LogP contribution is -2.00. The van der Waals surface area contributed by atoms with Crippen LogP contribution in [0.25, 0.3) is 0 Å². The molecule has 0 aliphatic carbocycles. The van der Waals surface area contributed by atoms with Gasteiger partial charge in [-0.25, -0.2) is 0 Å². The topological polar surface area (TPSA) is 54.0 Å². The number of hydrogen-bond donors (Lipinski definition) is 0. The van der Waals surface area contributed by atoms with Crippen LogP contribution in [0.4, 0.5) is 0 Å². The molecule has 0 amide bonds. The van der Waals surface area contributed by atoms with Crippen molar-refractivity contribution in [3.05, 3.63) is 131 Å². The van der Waals surface area contributed by atoms with Crippen molar-refractivity contribution in [1.82, 2.24) is 0 Å². The van der Waals surface area contributed by atoms with Gasteiger partial charge in [0.25, 0.3) is 0 Å². The molecule has 206 valence electrons. The highest BCUT2D eigenvalue weighted by Crippen LogP contribution is 2.51. The Morgan fingerprint density at radius 2 is 1.03 bits per heavy atom. The first kappa shape index (κ1) is 30.6. The highest BCUT2D eigenvalue weighted by molar-refractivity contribution is 9.08. The minimum absolute atomic E-state index is 0.247. The molecule has 39 heavy (non-hydrogen) atoms. The summed E-state index contributed by atoms with van der Waals surface area (Å²) in [7, 11) is -3.09. The number of alkyl halides is 1. The van der Waals surface area contributed by atoms with Gasteiger partial charge in [-0.05, 0) is 60.4 Å². The SMILES string of the molecule is BrCc1cccc(OCc2ccccc2)c1.CCOP(=O)(Cc1cccc(OCc2ccccc2)c1)OCC. The Hall–Kier alpha value is -2.89. The molecule has 0 spiro atoms. The molecule has 0 bridgehead atoms. The summed E-state index contributed by atoms with van der Waals surface area (Å²) in [6.07, 6.45) is 0.247. The molecule has 0 aliphatic rings. The summed E-state index contributed by atoms with van der Waals surface area (Å²) in [6, 6.07) is 35.8. The van der Waals surface area contributed by atoms with Crippen molar-refractivity contribution in [3.8, 4) is 11.5 Å². The normalized spacial score (nSPS) is 10.8. The van der Waals surface area contributed by atoms with Crippen molar-refractivity contribution >= 4 is 23.5 Å². The van der Waals surface area contributed by atoms with Gasteiger partial charge in [0.15, 0.2) is 0 Å². The molecule has 7 heteroatoms. The maximum absolute atomic E-state index is 12.6. The van der Waals surface area contributed by atoms with E-state index < -0.39 is 7.60 Å². The average molecular weight is 612 g/mol. The van der Waals surface area contributed by atoms with Gasteiger partial charge in [0.1, 0.15) is 24.7 Å².